The highest BCUT2D eigenvalue weighted by molar-refractivity contribution is 7.89. The number of hydrogen-bond acceptors (Lipinski definition) is 3. The van der Waals surface area contributed by atoms with E-state index in [9.17, 15) is 8.42 Å². The first-order valence-electron chi connectivity index (χ1n) is 8.20. The van der Waals surface area contributed by atoms with Crippen molar-refractivity contribution in [2.24, 2.45) is 12.5 Å². The number of nitrogens with zero attached hydrogens (tertiary/aromatic N) is 2. The van der Waals surface area contributed by atoms with Crippen molar-refractivity contribution in [1.29, 1.82) is 0 Å². The van der Waals surface area contributed by atoms with Gasteiger partial charge in [0.1, 0.15) is 4.90 Å². The molecule has 1 spiro atoms. The van der Waals surface area contributed by atoms with Crippen LogP contribution in [-0.2, 0) is 17.1 Å². The normalized spacial score (nSPS) is 25.8. The molecule has 3 heterocycles. The average Bonchev–Trinajstić information content (AvgIpc) is 3.23. The van der Waals surface area contributed by atoms with Gasteiger partial charge in [0, 0.05) is 43.3 Å². The highest BCUT2D eigenvalue weighted by Crippen LogP contribution is 2.40. The van der Waals surface area contributed by atoms with E-state index in [1.54, 1.807) is 4.31 Å². The Morgan fingerprint density at radius 2 is 2.00 bits per heavy atom. The van der Waals surface area contributed by atoms with Crippen molar-refractivity contribution in [3.8, 4) is 0 Å². The third kappa shape index (κ3) is 2.16. The van der Waals surface area contributed by atoms with Crippen molar-refractivity contribution in [2.75, 3.05) is 26.2 Å². The van der Waals surface area contributed by atoms with E-state index < -0.39 is 10.0 Å². The van der Waals surface area contributed by atoms with Gasteiger partial charge in [0.05, 0.1) is 0 Å². The second-order valence-corrected chi connectivity index (χ2v) is 8.88. The fourth-order valence-electron chi connectivity index (χ4n) is 4.18. The summed E-state index contributed by atoms with van der Waals surface area (Å²) in [7, 11) is -1.52. The second-order valence-electron chi connectivity index (χ2n) is 7.01. The van der Waals surface area contributed by atoms with Gasteiger partial charge >= 0.3 is 0 Å². The van der Waals surface area contributed by atoms with E-state index >= 15 is 0 Å². The molecule has 1 unspecified atom stereocenters. The van der Waals surface area contributed by atoms with Crippen LogP contribution in [-0.4, -0.2) is 43.5 Å². The molecule has 124 valence electrons. The maximum atomic E-state index is 13.3. The van der Waals surface area contributed by atoms with E-state index in [0.29, 0.717) is 18.0 Å². The molecule has 6 heteroatoms. The summed E-state index contributed by atoms with van der Waals surface area (Å²) in [5, 5.41) is 4.22. The summed E-state index contributed by atoms with van der Waals surface area (Å²) in [6, 6.07) is 7.76. The smallest absolute Gasteiger partial charge is 0.245 e. The molecule has 4 rings (SSSR count). The highest BCUT2D eigenvalue weighted by atomic mass is 32.2. The zero-order valence-corrected chi connectivity index (χ0v) is 14.5. The zero-order chi connectivity index (χ0) is 16.2. The number of nitrogens with one attached hydrogen (secondary N) is 1. The molecule has 1 aromatic heterocycles. The Kier molecular flexibility index (Phi) is 3.34. The van der Waals surface area contributed by atoms with Crippen LogP contribution in [0.5, 0.6) is 0 Å². The molecular weight excluding hydrogens is 310 g/mol. The molecule has 5 nitrogen and oxygen atoms in total. The van der Waals surface area contributed by atoms with Gasteiger partial charge in [-0.15, -0.1) is 0 Å². The molecule has 23 heavy (non-hydrogen) atoms. The van der Waals surface area contributed by atoms with Crippen LogP contribution in [0.15, 0.2) is 29.2 Å². The minimum atomic E-state index is -3.45. The molecule has 2 saturated heterocycles. The molecule has 0 radical (unpaired) electrons. The quantitative estimate of drug-likeness (QED) is 0.913. The van der Waals surface area contributed by atoms with E-state index in [4.69, 9.17) is 0 Å². The molecule has 0 bridgehead atoms. The standard InChI is InChI=1S/C17H23N3O2S/c1-13-16(14-5-3-4-6-15(14)19(13)2)23(21,22)20-10-8-17(12-20)7-9-18-11-17/h3-6,18H,7-12H2,1-2H3. The van der Waals surface area contributed by atoms with Gasteiger partial charge < -0.3 is 9.88 Å². The lowest BCUT2D eigenvalue weighted by Gasteiger charge is -2.22. The Labute approximate surface area is 137 Å². The molecule has 2 aliphatic heterocycles. The zero-order valence-electron chi connectivity index (χ0n) is 13.7. The van der Waals surface area contributed by atoms with Gasteiger partial charge in [0.2, 0.25) is 10.0 Å². The van der Waals surface area contributed by atoms with E-state index in [0.717, 1.165) is 42.5 Å². The van der Waals surface area contributed by atoms with Gasteiger partial charge in [-0.2, -0.15) is 4.31 Å². The SMILES string of the molecule is Cc1c(S(=O)(=O)N2CCC3(CCNC3)C2)c2ccccc2n1C. The maximum Gasteiger partial charge on any atom is 0.245 e. The van der Waals surface area contributed by atoms with E-state index in [-0.39, 0.29) is 5.41 Å². The van der Waals surface area contributed by atoms with Crippen LogP contribution in [0.1, 0.15) is 18.5 Å². The van der Waals surface area contributed by atoms with Gasteiger partial charge in [-0.05, 0) is 37.8 Å². The molecule has 0 amide bonds. The Morgan fingerprint density at radius 1 is 1.22 bits per heavy atom. The molecule has 2 aromatic rings. The molecule has 1 atom stereocenters. The summed E-state index contributed by atoms with van der Waals surface area (Å²) in [5.74, 6) is 0. The lowest BCUT2D eigenvalue weighted by atomic mass is 9.87. The summed E-state index contributed by atoms with van der Waals surface area (Å²) in [5.41, 5.74) is 1.93. The summed E-state index contributed by atoms with van der Waals surface area (Å²) in [4.78, 5) is 0.485. The largest absolute Gasteiger partial charge is 0.347 e. The number of aromatic nitrogens is 1. The van der Waals surface area contributed by atoms with Gasteiger partial charge in [-0.1, -0.05) is 18.2 Å². The van der Waals surface area contributed by atoms with Crippen LogP contribution in [0, 0.1) is 12.3 Å². The fourth-order valence-corrected chi connectivity index (χ4v) is 6.18. The van der Waals surface area contributed by atoms with Crippen LogP contribution in [0.25, 0.3) is 10.9 Å². The number of benzene rings is 1. The van der Waals surface area contributed by atoms with Crippen LogP contribution >= 0.6 is 0 Å². The van der Waals surface area contributed by atoms with E-state index in [1.165, 1.54) is 0 Å². The molecule has 2 fully saturated rings. The summed E-state index contributed by atoms with van der Waals surface area (Å²) in [6.45, 7) is 5.11. The van der Waals surface area contributed by atoms with Crippen LogP contribution in [0.3, 0.4) is 0 Å². The fraction of sp³-hybridized carbons (Fsp3) is 0.529. The van der Waals surface area contributed by atoms with Crippen molar-refractivity contribution in [1.82, 2.24) is 14.2 Å². The second kappa shape index (κ2) is 5.06. The Bertz CT molecular complexity index is 863. The number of sulfonamides is 1. The van der Waals surface area contributed by atoms with Gasteiger partial charge in [-0.25, -0.2) is 8.42 Å². The first-order valence-corrected chi connectivity index (χ1v) is 9.64. The van der Waals surface area contributed by atoms with Crippen molar-refractivity contribution in [3.63, 3.8) is 0 Å². The lowest BCUT2D eigenvalue weighted by molar-refractivity contribution is 0.338. The van der Waals surface area contributed by atoms with Crippen molar-refractivity contribution >= 4 is 20.9 Å². The van der Waals surface area contributed by atoms with Crippen molar-refractivity contribution in [3.05, 3.63) is 30.0 Å². The third-order valence-electron chi connectivity index (χ3n) is 5.68. The number of aryl methyl sites for hydroxylation is 1. The van der Waals surface area contributed by atoms with E-state index in [2.05, 4.69) is 5.32 Å². The molecule has 1 N–H and O–H groups in total. The van der Waals surface area contributed by atoms with Gasteiger partial charge in [-0.3, -0.25) is 0 Å². The minimum absolute atomic E-state index is 0.144. The predicted molar refractivity (Wildman–Crippen MR) is 91.0 cm³/mol. The van der Waals surface area contributed by atoms with Crippen molar-refractivity contribution < 1.29 is 8.42 Å². The third-order valence-corrected chi connectivity index (χ3v) is 7.70. The summed E-state index contributed by atoms with van der Waals surface area (Å²) in [6.07, 6.45) is 2.04. The predicted octanol–water partition coefficient (Wildman–Crippen LogP) is 1.86. The maximum absolute atomic E-state index is 13.3. The van der Waals surface area contributed by atoms with Crippen LogP contribution < -0.4 is 5.32 Å². The first kappa shape index (κ1) is 15.2. The summed E-state index contributed by atoms with van der Waals surface area (Å²) >= 11 is 0. The van der Waals surface area contributed by atoms with Gasteiger partial charge in [0.15, 0.2) is 0 Å². The Hall–Kier alpha value is -1.37. The van der Waals surface area contributed by atoms with E-state index in [1.807, 2.05) is 42.8 Å². The molecule has 1 aromatic carbocycles. The summed E-state index contributed by atoms with van der Waals surface area (Å²) < 4.78 is 30.3. The highest BCUT2D eigenvalue weighted by Gasteiger charge is 2.45. The number of fused-ring (bicyclic) bond motifs is 1. The lowest BCUT2D eigenvalue weighted by Crippen LogP contribution is -2.33. The molecule has 0 aliphatic carbocycles. The molecule has 2 aliphatic rings. The van der Waals surface area contributed by atoms with Gasteiger partial charge in [0.25, 0.3) is 0 Å². The average molecular weight is 333 g/mol. The minimum Gasteiger partial charge on any atom is -0.347 e. The Balaban J connectivity index is 1.80. The number of para-hydroxylation sites is 1. The molecule has 0 saturated carbocycles. The monoisotopic (exact) mass is 333 g/mol. The van der Waals surface area contributed by atoms with Crippen LogP contribution in [0.2, 0.25) is 0 Å². The topological polar surface area (TPSA) is 54.3 Å². The Morgan fingerprint density at radius 3 is 2.74 bits per heavy atom. The number of hydrogen-bond donors (Lipinski definition) is 1. The van der Waals surface area contributed by atoms with Crippen molar-refractivity contribution in [2.45, 2.75) is 24.7 Å². The number of rotatable bonds is 2. The van der Waals surface area contributed by atoms with Crippen LogP contribution in [0.4, 0.5) is 0 Å². The molecular formula is C17H23N3O2S. The first-order chi connectivity index (χ1) is 10.9.